The average molecular weight is 498 g/mol. The van der Waals surface area contributed by atoms with Crippen molar-refractivity contribution in [3.8, 4) is 11.5 Å². The zero-order valence-corrected chi connectivity index (χ0v) is 19.9. The average Bonchev–Trinajstić information content (AvgIpc) is 2.81. The normalized spacial score (nSPS) is 22.8. The summed E-state index contributed by atoms with van der Waals surface area (Å²) in [5, 5.41) is 7.16. The molecule has 2 aliphatic heterocycles. The molecule has 2 aliphatic rings. The molecule has 3 aromatic rings. The minimum atomic E-state index is -1.21. The predicted octanol–water partition coefficient (Wildman–Crippen LogP) is 5.29. The molecular weight excluding hydrogens is 477 g/mol. The Bertz CT molecular complexity index is 1270. The molecule has 5 rings (SSSR count). The Labute approximate surface area is 206 Å². The Hall–Kier alpha value is -3.36. The molecule has 0 spiro atoms. The smallest absolute Gasteiger partial charge is 0.236 e. The molecule has 174 valence electrons. The lowest BCUT2D eigenvalue weighted by Crippen LogP contribution is -2.72. The van der Waals surface area contributed by atoms with E-state index in [9.17, 15) is 9.18 Å². The molecule has 9 heteroatoms. The summed E-state index contributed by atoms with van der Waals surface area (Å²) in [6.45, 7) is 1.81. The van der Waals surface area contributed by atoms with E-state index in [4.69, 9.17) is 33.3 Å². The second-order valence-corrected chi connectivity index (χ2v) is 9.10. The maximum absolute atomic E-state index is 13.7. The van der Waals surface area contributed by atoms with Crippen LogP contribution in [0.25, 0.3) is 0 Å². The lowest BCUT2D eigenvalue weighted by Gasteiger charge is -2.56. The molecule has 6 nitrogen and oxygen atoms in total. The number of carbonyl (C=O) groups is 1. The van der Waals surface area contributed by atoms with Gasteiger partial charge in [-0.3, -0.25) is 9.69 Å². The second-order valence-electron chi connectivity index (χ2n) is 8.27. The summed E-state index contributed by atoms with van der Waals surface area (Å²) >= 11 is 12.0. The summed E-state index contributed by atoms with van der Waals surface area (Å²) in [4.78, 5) is 15.5. The number of anilines is 2. The highest BCUT2D eigenvalue weighted by atomic mass is 35.5. The number of hydrogen-bond acceptors (Lipinski definition) is 4. The highest BCUT2D eigenvalue weighted by molar-refractivity contribution is 7.80. The van der Waals surface area contributed by atoms with E-state index < -0.39 is 17.7 Å². The minimum absolute atomic E-state index is 0.273. The van der Waals surface area contributed by atoms with E-state index in [1.165, 1.54) is 12.1 Å². The zero-order chi connectivity index (χ0) is 24.0. The number of methoxy groups -OCH3 is 1. The monoisotopic (exact) mass is 497 g/mol. The van der Waals surface area contributed by atoms with E-state index in [1.54, 1.807) is 66.6 Å². The van der Waals surface area contributed by atoms with E-state index in [0.717, 1.165) is 5.56 Å². The SMILES string of the molecule is COc1ccc(NC(=O)[C@H]2[C@H]3NC(=S)N(c4ccc(F)cc4)[C@@]2(C)Oc2ccc(Cl)cc23)cc1. The molecule has 1 amide bonds. The zero-order valence-electron chi connectivity index (χ0n) is 18.3. The molecule has 1 fully saturated rings. The summed E-state index contributed by atoms with van der Waals surface area (Å²) in [6.07, 6.45) is 0. The van der Waals surface area contributed by atoms with Crippen LogP contribution in [0.5, 0.6) is 11.5 Å². The second kappa shape index (κ2) is 8.45. The number of hydrogen-bond donors (Lipinski definition) is 2. The van der Waals surface area contributed by atoms with Gasteiger partial charge < -0.3 is 20.1 Å². The fraction of sp³-hybridized carbons (Fsp3) is 0.200. The largest absolute Gasteiger partial charge is 0.497 e. The van der Waals surface area contributed by atoms with Gasteiger partial charge in [0.1, 0.15) is 23.2 Å². The van der Waals surface area contributed by atoms with Crippen molar-refractivity contribution in [3.05, 3.63) is 83.1 Å². The van der Waals surface area contributed by atoms with Gasteiger partial charge in [0.25, 0.3) is 0 Å². The van der Waals surface area contributed by atoms with Crippen LogP contribution in [0.2, 0.25) is 5.02 Å². The van der Waals surface area contributed by atoms with Crippen molar-refractivity contribution in [2.75, 3.05) is 17.3 Å². The van der Waals surface area contributed by atoms with Crippen LogP contribution in [0.15, 0.2) is 66.7 Å². The highest BCUT2D eigenvalue weighted by Crippen LogP contribution is 2.50. The van der Waals surface area contributed by atoms with Crippen molar-refractivity contribution in [3.63, 3.8) is 0 Å². The van der Waals surface area contributed by atoms with Crippen LogP contribution in [0.4, 0.5) is 15.8 Å². The number of ether oxygens (including phenoxy) is 2. The first kappa shape index (κ1) is 22.4. The molecule has 2 heterocycles. The number of halogens is 2. The Morgan fingerprint density at radius 1 is 1.18 bits per heavy atom. The fourth-order valence-electron chi connectivity index (χ4n) is 4.63. The molecular formula is C25H21ClFN3O3S. The van der Waals surface area contributed by atoms with E-state index in [2.05, 4.69) is 10.6 Å². The molecule has 2 bridgehead atoms. The molecule has 34 heavy (non-hydrogen) atoms. The molecule has 3 aromatic carbocycles. The molecule has 2 N–H and O–H groups in total. The Morgan fingerprint density at radius 3 is 2.56 bits per heavy atom. The number of amides is 1. The lowest BCUT2D eigenvalue weighted by atomic mass is 9.78. The number of nitrogens with zero attached hydrogens (tertiary/aromatic N) is 1. The topological polar surface area (TPSA) is 62.8 Å². The highest BCUT2D eigenvalue weighted by Gasteiger charge is 2.59. The third-order valence-corrected chi connectivity index (χ3v) is 6.72. The number of rotatable bonds is 4. The number of nitrogens with one attached hydrogen (secondary N) is 2. The molecule has 0 aromatic heterocycles. The third kappa shape index (κ3) is 3.73. The summed E-state index contributed by atoms with van der Waals surface area (Å²) in [5.74, 6) is -0.114. The van der Waals surface area contributed by atoms with Crippen molar-refractivity contribution in [2.45, 2.75) is 18.7 Å². The summed E-state index contributed by atoms with van der Waals surface area (Å²) in [5.41, 5.74) is 0.739. The number of carbonyl (C=O) groups excluding carboxylic acids is 1. The summed E-state index contributed by atoms with van der Waals surface area (Å²) < 4.78 is 25.3. The quantitative estimate of drug-likeness (QED) is 0.478. The fourth-order valence-corrected chi connectivity index (χ4v) is 5.22. The van der Waals surface area contributed by atoms with Crippen LogP contribution in [-0.2, 0) is 4.79 Å². The van der Waals surface area contributed by atoms with E-state index in [1.807, 2.05) is 6.92 Å². The van der Waals surface area contributed by atoms with Gasteiger partial charge in [0.15, 0.2) is 10.8 Å². The van der Waals surface area contributed by atoms with Crippen molar-refractivity contribution >= 4 is 46.2 Å². The first-order chi connectivity index (χ1) is 16.3. The lowest BCUT2D eigenvalue weighted by molar-refractivity contribution is -0.130. The molecule has 0 saturated carbocycles. The van der Waals surface area contributed by atoms with Gasteiger partial charge in [-0.1, -0.05) is 11.6 Å². The van der Waals surface area contributed by atoms with E-state index in [-0.39, 0.29) is 11.7 Å². The first-order valence-electron chi connectivity index (χ1n) is 10.6. The van der Waals surface area contributed by atoms with Crippen molar-refractivity contribution < 1.29 is 18.7 Å². The Kier molecular flexibility index (Phi) is 5.58. The van der Waals surface area contributed by atoms with E-state index >= 15 is 0 Å². The maximum atomic E-state index is 13.7. The van der Waals surface area contributed by atoms with Gasteiger partial charge in [-0.05, 0) is 85.9 Å². The van der Waals surface area contributed by atoms with Crippen molar-refractivity contribution in [2.24, 2.45) is 5.92 Å². The van der Waals surface area contributed by atoms with Gasteiger partial charge in [-0.2, -0.15) is 0 Å². The van der Waals surface area contributed by atoms with Crippen LogP contribution in [0.3, 0.4) is 0 Å². The molecule has 3 atom stereocenters. The molecule has 0 radical (unpaired) electrons. The van der Waals surface area contributed by atoms with Gasteiger partial charge in [-0.25, -0.2) is 4.39 Å². The minimum Gasteiger partial charge on any atom is -0.497 e. The number of benzene rings is 3. The third-order valence-electron chi connectivity index (χ3n) is 6.18. The molecule has 0 aliphatic carbocycles. The van der Waals surface area contributed by atoms with Crippen LogP contribution >= 0.6 is 23.8 Å². The predicted molar refractivity (Wildman–Crippen MR) is 133 cm³/mol. The molecule has 1 saturated heterocycles. The van der Waals surface area contributed by atoms with Crippen molar-refractivity contribution in [1.29, 1.82) is 0 Å². The van der Waals surface area contributed by atoms with E-state index in [0.29, 0.717) is 33.0 Å². The number of fused-ring (bicyclic) bond motifs is 4. The van der Waals surface area contributed by atoms with Gasteiger partial charge in [0.05, 0.1) is 13.2 Å². The van der Waals surface area contributed by atoms with Crippen molar-refractivity contribution in [1.82, 2.24) is 5.32 Å². The van der Waals surface area contributed by atoms with Gasteiger partial charge >= 0.3 is 0 Å². The van der Waals surface area contributed by atoms with Crippen LogP contribution in [0.1, 0.15) is 18.5 Å². The maximum Gasteiger partial charge on any atom is 0.236 e. The van der Waals surface area contributed by atoms with Gasteiger partial charge in [0.2, 0.25) is 5.91 Å². The van der Waals surface area contributed by atoms with Gasteiger partial charge in [0, 0.05) is 22.0 Å². The summed E-state index contributed by atoms with van der Waals surface area (Å²) in [7, 11) is 1.58. The van der Waals surface area contributed by atoms with Crippen LogP contribution < -0.4 is 25.0 Å². The number of thiocarbonyl (C=S) groups is 1. The Morgan fingerprint density at radius 2 is 1.88 bits per heavy atom. The molecule has 0 unspecified atom stereocenters. The van der Waals surface area contributed by atoms with Crippen LogP contribution in [-0.4, -0.2) is 23.9 Å². The Balaban J connectivity index is 1.59. The standard InChI is InChI=1S/C25H21ClFN3O3S/c1-25-21(23(31)28-16-6-10-18(32-2)11-7-16)22(19-13-14(26)3-12-20(19)33-25)29-24(34)30(25)17-8-4-15(27)5-9-17/h3-13,21-22H,1-2H3,(H,28,31)(H,29,34)/t21-,22+,25+/m1/s1. The van der Waals surface area contributed by atoms with Gasteiger partial charge in [-0.15, -0.1) is 0 Å². The van der Waals surface area contributed by atoms with Crippen LogP contribution in [0, 0.1) is 11.7 Å². The summed E-state index contributed by atoms with van der Waals surface area (Å²) in [6, 6.07) is 17.8. The first-order valence-corrected chi connectivity index (χ1v) is 11.4.